The minimum absolute atomic E-state index is 0.00818. The maximum atomic E-state index is 12.5. The molecular formula is C64H121NO5. The van der Waals surface area contributed by atoms with Crippen LogP contribution in [-0.2, 0) is 14.3 Å². The third-order valence-electron chi connectivity index (χ3n) is 14.4. The first-order chi connectivity index (χ1) is 34.5. The van der Waals surface area contributed by atoms with E-state index in [1.807, 2.05) is 0 Å². The van der Waals surface area contributed by atoms with Crippen LogP contribution in [-0.4, -0.2) is 47.4 Å². The zero-order valence-corrected chi connectivity index (χ0v) is 47.0. The lowest BCUT2D eigenvalue weighted by Gasteiger charge is -2.22. The highest BCUT2D eigenvalue weighted by atomic mass is 16.5. The molecule has 6 heteroatoms. The van der Waals surface area contributed by atoms with Gasteiger partial charge in [0, 0.05) is 12.8 Å². The van der Waals surface area contributed by atoms with E-state index in [1.54, 1.807) is 0 Å². The monoisotopic (exact) mass is 984 g/mol. The molecule has 0 fully saturated rings. The number of unbranched alkanes of at least 4 members (excludes halogenated alkanes) is 41. The number of aliphatic hydroxyl groups is 2. The van der Waals surface area contributed by atoms with Crippen LogP contribution in [0.4, 0.5) is 0 Å². The predicted octanol–water partition coefficient (Wildman–Crippen LogP) is 19.6. The molecule has 0 radical (unpaired) electrons. The Labute approximate surface area is 436 Å². The number of hydrogen-bond acceptors (Lipinski definition) is 5. The molecule has 0 saturated heterocycles. The second-order valence-electron chi connectivity index (χ2n) is 21.4. The topological polar surface area (TPSA) is 95.9 Å². The quantitative estimate of drug-likeness (QED) is 0.0321. The average molecular weight is 985 g/mol. The van der Waals surface area contributed by atoms with E-state index >= 15 is 0 Å². The van der Waals surface area contributed by atoms with Gasteiger partial charge in [0.2, 0.25) is 5.91 Å². The molecule has 0 aromatic carbocycles. The Bertz CT molecular complexity index is 1130. The highest BCUT2D eigenvalue weighted by molar-refractivity contribution is 5.76. The Morgan fingerprint density at radius 1 is 0.400 bits per heavy atom. The number of amides is 1. The van der Waals surface area contributed by atoms with Crippen LogP contribution in [0.25, 0.3) is 0 Å². The van der Waals surface area contributed by atoms with Gasteiger partial charge in [-0.1, -0.05) is 281 Å². The molecule has 0 aliphatic carbocycles. The molecule has 0 spiro atoms. The smallest absolute Gasteiger partial charge is 0.305 e. The summed E-state index contributed by atoms with van der Waals surface area (Å²) >= 11 is 0. The summed E-state index contributed by atoms with van der Waals surface area (Å²) in [5, 5.41) is 23.3. The Hall–Kier alpha value is -1.92. The van der Waals surface area contributed by atoms with Gasteiger partial charge in [-0.25, -0.2) is 0 Å². The second kappa shape index (κ2) is 59.6. The second-order valence-corrected chi connectivity index (χ2v) is 21.4. The Morgan fingerprint density at radius 3 is 1.14 bits per heavy atom. The van der Waals surface area contributed by atoms with Gasteiger partial charge in [0.05, 0.1) is 25.4 Å². The summed E-state index contributed by atoms with van der Waals surface area (Å²) in [6.07, 6.45) is 74.3. The van der Waals surface area contributed by atoms with Gasteiger partial charge >= 0.3 is 5.97 Å². The Balaban J connectivity index is 3.44. The normalized spacial score (nSPS) is 12.8. The molecule has 0 aliphatic rings. The summed E-state index contributed by atoms with van der Waals surface area (Å²) < 4.78 is 5.47. The minimum atomic E-state index is -0.671. The van der Waals surface area contributed by atoms with E-state index in [0.717, 1.165) is 51.4 Å². The van der Waals surface area contributed by atoms with Gasteiger partial charge in [-0.2, -0.15) is 0 Å². The fraction of sp³-hybridized carbons (Fsp3) is 0.875. The van der Waals surface area contributed by atoms with E-state index in [2.05, 4.69) is 55.6 Å². The molecule has 0 aromatic rings. The summed E-state index contributed by atoms with van der Waals surface area (Å²) in [5.74, 6) is -0.0497. The summed E-state index contributed by atoms with van der Waals surface area (Å²) in [6, 6.07) is -0.549. The van der Waals surface area contributed by atoms with Gasteiger partial charge in [-0.15, -0.1) is 0 Å². The molecule has 0 saturated carbocycles. The molecule has 3 N–H and O–H groups in total. The molecule has 0 rings (SSSR count). The molecule has 2 unspecified atom stereocenters. The van der Waals surface area contributed by atoms with Gasteiger partial charge in [0.1, 0.15) is 0 Å². The number of rotatable bonds is 58. The number of esters is 1. The number of ether oxygens (including phenoxy) is 1. The minimum Gasteiger partial charge on any atom is -0.466 e. The summed E-state index contributed by atoms with van der Waals surface area (Å²) in [6.45, 7) is 4.91. The number of carbonyl (C=O) groups is 2. The van der Waals surface area contributed by atoms with Crippen molar-refractivity contribution in [3.63, 3.8) is 0 Å². The lowest BCUT2D eigenvalue weighted by Crippen LogP contribution is -2.45. The van der Waals surface area contributed by atoms with Gasteiger partial charge in [-0.05, 0) is 77.0 Å². The van der Waals surface area contributed by atoms with E-state index < -0.39 is 12.1 Å². The van der Waals surface area contributed by atoms with Crippen molar-refractivity contribution in [1.29, 1.82) is 0 Å². The molecule has 1 amide bonds. The van der Waals surface area contributed by atoms with Crippen molar-refractivity contribution in [3.05, 3.63) is 36.5 Å². The number of nitrogens with one attached hydrogen (secondary N) is 1. The zero-order chi connectivity index (χ0) is 50.7. The van der Waals surface area contributed by atoms with Crippen LogP contribution in [0.15, 0.2) is 36.5 Å². The lowest BCUT2D eigenvalue weighted by atomic mass is 10.0. The van der Waals surface area contributed by atoms with E-state index in [0.29, 0.717) is 25.9 Å². The van der Waals surface area contributed by atoms with Crippen molar-refractivity contribution in [2.24, 2.45) is 0 Å². The Morgan fingerprint density at radius 2 is 0.729 bits per heavy atom. The average Bonchev–Trinajstić information content (AvgIpc) is 3.36. The van der Waals surface area contributed by atoms with Crippen LogP contribution < -0.4 is 5.32 Å². The Kier molecular flexibility index (Phi) is 58.0. The molecular weight excluding hydrogens is 863 g/mol. The van der Waals surface area contributed by atoms with Gasteiger partial charge in [-0.3, -0.25) is 9.59 Å². The van der Waals surface area contributed by atoms with Crippen LogP contribution >= 0.6 is 0 Å². The highest BCUT2D eigenvalue weighted by Gasteiger charge is 2.20. The third-order valence-corrected chi connectivity index (χ3v) is 14.4. The third kappa shape index (κ3) is 55.4. The van der Waals surface area contributed by atoms with Crippen molar-refractivity contribution in [3.8, 4) is 0 Å². The molecule has 412 valence electrons. The van der Waals surface area contributed by atoms with Crippen LogP contribution in [0, 0.1) is 0 Å². The number of aliphatic hydroxyl groups excluding tert-OH is 2. The molecule has 0 aliphatic heterocycles. The van der Waals surface area contributed by atoms with Crippen molar-refractivity contribution >= 4 is 11.9 Å². The summed E-state index contributed by atoms with van der Waals surface area (Å²) in [7, 11) is 0. The summed E-state index contributed by atoms with van der Waals surface area (Å²) in [4.78, 5) is 24.5. The van der Waals surface area contributed by atoms with Crippen molar-refractivity contribution in [2.45, 2.75) is 347 Å². The number of hydrogen-bond donors (Lipinski definition) is 3. The van der Waals surface area contributed by atoms with E-state index in [-0.39, 0.29) is 18.5 Å². The summed E-state index contributed by atoms with van der Waals surface area (Å²) in [5.41, 5.74) is 0. The number of allylic oxidation sites excluding steroid dienone is 6. The number of carbonyl (C=O) groups excluding carboxylic acids is 2. The van der Waals surface area contributed by atoms with Gasteiger partial charge in [0.15, 0.2) is 0 Å². The molecule has 0 aromatic heterocycles. The molecule has 2 atom stereocenters. The SMILES string of the molecule is CCCC/C=C\C/C=C\CCCCCCCC(=O)OCCCCCCCCCCC/C=C\CCCCCCCCCC(=O)NC(CO)C(O)CCCCCCCCCCCCCCCCCCCCC. The fourth-order valence-corrected chi connectivity index (χ4v) is 9.59. The van der Waals surface area contributed by atoms with Crippen molar-refractivity contribution in [2.75, 3.05) is 13.2 Å². The molecule has 0 bridgehead atoms. The fourth-order valence-electron chi connectivity index (χ4n) is 9.59. The van der Waals surface area contributed by atoms with Crippen LogP contribution in [0.2, 0.25) is 0 Å². The molecule has 6 nitrogen and oxygen atoms in total. The maximum absolute atomic E-state index is 12.5. The first-order valence-electron chi connectivity index (χ1n) is 31.2. The lowest BCUT2D eigenvalue weighted by molar-refractivity contribution is -0.143. The predicted molar refractivity (Wildman–Crippen MR) is 306 cm³/mol. The van der Waals surface area contributed by atoms with Crippen LogP contribution in [0.1, 0.15) is 335 Å². The molecule has 0 heterocycles. The van der Waals surface area contributed by atoms with E-state index in [9.17, 15) is 19.8 Å². The van der Waals surface area contributed by atoms with E-state index in [1.165, 1.54) is 250 Å². The van der Waals surface area contributed by atoms with Crippen molar-refractivity contribution < 1.29 is 24.5 Å². The van der Waals surface area contributed by atoms with Crippen LogP contribution in [0.5, 0.6) is 0 Å². The van der Waals surface area contributed by atoms with E-state index in [4.69, 9.17) is 4.74 Å². The van der Waals surface area contributed by atoms with Gasteiger partial charge in [0.25, 0.3) is 0 Å². The standard InChI is InChI=1S/C64H121NO5/c1-3-5-7-9-11-13-15-17-19-20-23-26-29-32-36-40-44-48-52-56-62(67)61(60-66)65-63(68)57-53-49-45-41-37-33-30-27-24-21-22-25-28-31-35-39-43-47-51-55-59-70-64(69)58-54-50-46-42-38-34-18-16-14-12-10-8-6-4-2/h10,12,16,18,21,24,61-62,66-67H,3-9,11,13-15,17,19-20,22-23,25-60H2,1-2H3,(H,65,68)/b12-10-,18-16-,24-21-. The largest absolute Gasteiger partial charge is 0.466 e. The van der Waals surface area contributed by atoms with Gasteiger partial charge < -0.3 is 20.3 Å². The zero-order valence-electron chi connectivity index (χ0n) is 47.0. The van der Waals surface area contributed by atoms with Crippen LogP contribution in [0.3, 0.4) is 0 Å². The first kappa shape index (κ1) is 68.1. The maximum Gasteiger partial charge on any atom is 0.305 e. The van der Waals surface area contributed by atoms with Crippen molar-refractivity contribution in [1.82, 2.24) is 5.32 Å². The highest BCUT2D eigenvalue weighted by Crippen LogP contribution is 2.17. The molecule has 70 heavy (non-hydrogen) atoms. The first-order valence-corrected chi connectivity index (χ1v) is 31.2.